The van der Waals surface area contributed by atoms with Gasteiger partial charge >= 0.3 is 0 Å². The van der Waals surface area contributed by atoms with Gasteiger partial charge < -0.3 is 19.8 Å². The first kappa shape index (κ1) is 18.4. The van der Waals surface area contributed by atoms with E-state index in [2.05, 4.69) is 0 Å². The number of carboxylic acids is 2. The predicted molar refractivity (Wildman–Crippen MR) is 74.4 cm³/mol. The number of rotatable bonds is 7. The summed E-state index contributed by atoms with van der Waals surface area (Å²) in [5.74, 6) is -3.68. The molecule has 0 aliphatic rings. The van der Waals surface area contributed by atoms with Crippen LogP contribution in [0.5, 0.6) is 0 Å². The number of hydrogen-bond donors (Lipinski definition) is 1. The molecule has 1 aromatic rings. The highest BCUT2D eigenvalue weighted by atomic mass is 35.5. The van der Waals surface area contributed by atoms with Crippen molar-refractivity contribution in [3.63, 3.8) is 0 Å². The molecule has 1 rings (SSSR count). The van der Waals surface area contributed by atoms with Crippen LogP contribution in [0.25, 0.3) is 0 Å². The molecule has 0 saturated carbocycles. The predicted octanol–water partition coefficient (Wildman–Crippen LogP) is -0.854. The van der Waals surface area contributed by atoms with Gasteiger partial charge in [0.25, 0.3) is 0 Å². The lowest BCUT2D eigenvalue weighted by atomic mass is 10.0. The number of benzene rings is 1. The van der Waals surface area contributed by atoms with Gasteiger partial charge in [-0.05, 0) is 23.6 Å². The molecule has 0 unspecified atom stereocenters. The van der Waals surface area contributed by atoms with Crippen molar-refractivity contribution in [3.8, 4) is 0 Å². The third-order valence-electron chi connectivity index (χ3n) is 3.21. The van der Waals surface area contributed by atoms with Gasteiger partial charge in [-0.1, -0.05) is 37.9 Å². The van der Waals surface area contributed by atoms with Gasteiger partial charge in [0.15, 0.2) is 0 Å². The standard InChI is InChI=1S/C13H16ClNO6S/c1-3-7(2)11(13(18)19)15-22(20,21)10-6-8(12(16)17)4-5-9(10)14/h4-7,11,15H,3H2,1-2H3,(H,16,17)(H,18,19)/p-2/t7-,11-/m1/s1. The summed E-state index contributed by atoms with van der Waals surface area (Å²) in [5, 5.41) is 21.7. The molecule has 0 aliphatic heterocycles. The Labute approximate surface area is 133 Å². The Kier molecular flexibility index (Phi) is 5.92. The molecule has 1 aromatic carbocycles. The number of carbonyl (C=O) groups is 2. The van der Waals surface area contributed by atoms with E-state index in [9.17, 15) is 28.2 Å². The first-order valence-electron chi connectivity index (χ1n) is 6.34. The summed E-state index contributed by atoms with van der Waals surface area (Å²) in [6.45, 7) is 3.24. The fourth-order valence-corrected chi connectivity index (χ4v) is 3.52. The summed E-state index contributed by atoms with van der Waals surface area (Å²) in [5.41, 5.74) is -0.390. The highest BCUT2D eigenvalue weighted by Crippen LogP contribution is 2.23. The maximum absolute atomic E-state index is 12.3. The maximum atomic E-state index is 12.3. The third kappa shape index (κ3) is 4.19. The summed E-state index contributed by atoms with van der Waals surface area (Å²) < 4.78 is 26.5. The van der Waals surface area contributed by atoms with Crippen molar-refractivity contribution < 1.29 is 28.2 Å². The first-order valence-corrected chi connectivity index (χ1v) is 8.20. The van der Waals surface area contributed by atoms with Crippen LogP contribution in [0.1, 0.15) is 30.6 Å². The minimum atomic E-state index is -4.34. The Morgan fingerprint density at radius 3 is 2.36 bits per heavy atom. The second-order valence-electron chi connectivity index (χ2n) is 4.74. The molecule has 2 atom stereocenters. The van der Waals surface area contributed by atoms with Crippen molar-refractivity contribution >= 4 is 33.6 Å². The number of nitrogens with one attached hydrogen (secondary N) is 1. The monoisotopic (exact) mass is 347 g/mol. The average Bonchev–Trinajstić information content (AvgIpc) is 2.43. The molecule has 0 fully saturated rings. The Bertz CT molecular complexity index is 688. The van der Waals surface area contributed by atoms with Gasteiger partial charge in [-0.15, -0.1) is 0 Å². The van der Waals surface area contributed by atoms with Crippen LogP contribution in [0.4, 0.5) is 0 Å². The Morgan fingerprint density at radius 2 is 1.91 bits per heavy atom. The van der Waals surface area contributed by atoms with E-state index < -0.39 is 44.4 Å². The summed E-state index contributed by atoms with van der Waals surface area (Å²) in [6.07, 6.45) is 0.397. The molecule has 0 radical (unpaired) electrons. The molecule has 0 aliphatic carbocycles. The van der Waals surface area contributed by atoms with Gasteiger partial charge in [0.1, 0.15) is 4.90 Å². The van der Waals surface area contributed by atoms with Gasteiger partial charge in [0.05, 0.1) is 23.0 Å². The summed E-state index contributed by atoms with van der Waals surface area (Å²) in [7, 11) is -4.34. The number of carboxylic acid groups (broad SMARTS) is 2. The summed E-state index contributed by atoms with van der Waals surface area (Å²) in [6, 6.07) is 1.51. The van der Waals surface area contributed by atoms with E-state index in [0.717, 1.165) is 18.2 Å². The smallest absolute Gasteiger partial charge is 0.242 e. The number of hydrogen-bond acceptors (Lipinski definition) is 6. The van der Waals surface area contributed by atoms with E-state index >= 15 is 0 Å². The normalized spacial score (nSPS) is 14.3. The Balaban J connectivity index is 3.26. The maximum Gasteiger partial charge on any atom is 0.242 e. The SMILES string of the molecule is CC[C@@H](C)[C@@H](NS(=O)(=O)c1cc(C(=O)[O-])ccc1Cl)C(=O)[O-]. The van der Waals surface area contributed by atoms with E-state index in [4.69, 9.17) is 11.6 Å². The van der Waals surface area contributed by atoms with Crippen LogP contribution in [-0.4, -0.2) is 26.4 Å². The lowest BCUT2D eigenvalue weighted by Crippen LogP contribution is -2.51. The largest absolute Gasteiger partial charge is 0.548 e. The highest BCUT2D eigenvalue weighted by molar-refractivity contribution is 7.89. The molecule has 0 saturated heterocycles. The van der Waals surface area contributed by atoms with Gasteiger partial charge in [-0.3, -0.25) is 0 Å². The fraction of sp³-hybridized carbons (Fsp3) is 0.385. The van der Waals surface area contributed by atoms with Gasteiger partial charge in [0.2, 0.25) is 10.0 Å². The Morgan fingerprint density at radius 1 is 1.32 bits per heavy atom. The molecule has 122 valence electrons. The Hall–Kier alpha value is -1.64. The second kappa shape index (κ2) is 7.08. The van der Waals surface area contributed by atoms with Crippen LogP contribution in [-0.2, 0) is 14.8 Å². The zero-order chi connectivity index (χ0) is 17.1. The zero-order valence-electron chi connectivity index (χ0n) is 11.8. The molecule has 1 N–H and O–H groups in total. The molecule has 7 nitrogen and oxygen atoms in total. The van der Waals surface area contributed by atoms with Crippen LogP contribution >= 0.6 is 11.6 Å². The third-order valence-corrected chi connectivity index (χ3v) is 5.13. The van der Waals surface area contributed by atoms with E-state index in [1.165, 1.54) is 0 Å². The van der Waals surface area contributed by atoms with Gasteiger partial charge in [-0.25, -0.2) is 13.1 Å². The molecule has 0 aromatic heterocycles. The van der Waals surface area contributed by atoms with E-state index in [1.54, 1.807) is 13.8 Å². The van der Waals surface area contributed by atoms with E-state index in [-0.39, 0.29) is 5.02 Å². The van der Waals surface area contributed by atoms with Crippen molar-refractivity contribution in [2.45, 2.75) is 31.2 Å². The molecule has 0 amide bonds. The highest BCUT2D eigenvalue weighted by Gasteiger charge is 2.26. The lowest BCUT2D eigenvalue weighted by molar-refractivity contribution is -0.309. The average molecular weight is 348 g/mol. The topological polar surface area (TPSA) is 126 Å². The fourth-order valence-electron chi connectivity index (χ4n) is 1.70. The molecule has 9 heteroatoms. The summed E-state index contributed by atoms with van der Waals surface area (Å²) >= 11 is 5.77. The number of carbonyl (C=O) groups excluding carboxylic acids is 2. The molecule has 0 heterocycles. The number of sulfonamides is 1. The van der Waals surface area contributed by atoms with E-state index in [1.807, 2.05) is 4.72 Å². The van der Waals surface area contributed by atoms with Crippen molar-refractivity contribution in [2.24, 2.45) is 5.92 Å². The van der Waals surface area contributed by atoms with Crippen molar-refractivity contribution in [2.75, 3.05) is 0 Å². The zero-order valence-corrected chi connectivity index (χ0v) is 13.4. The molecular formula is C13H14ClNO6S-2. The number of aromatic carboxylic acids is 1. The van der Waals surface area contributed by atoms with E-state index in [0.29, 0.717) is 6.42 Å². The summed E-state index contributed by atoms with van der Waals surface area (Å²) in [4.78, 5) is 21.4. The minimum Gasteiger partial charge on any atom is -0.548 e. The van der Waals surface area contributed by atoms with Crippen molar-refractivity contribution in [1.29, 1.82) is 0 Å². The first-order chi connectivity index (χ1) is 10.1. The number of halogens is 1. The van der Waals surface area contributed by atoms with Crippen LogP contribution in [0.15, 0.2) is 23.1 Å². The quantitative estimate of drug-likeness (QED) is 0.684. The van der Waals surface area contributed by atoms with Crippen molar-refractivity contribution in [1.82, 2.24) is 4.72 Å². The lowest BCUT2D eigenvalue weighted by Gasteiger charge is -2.25. The minimum absolute atomic E-state index is 0.237. The molecule has 0 bridgehead atoms. The van der Waals surface area contributed by atoms with Crippen LogP contribution < -0.4 is 14.9 Å². The second-order valence-corrected chi connectivity index (χ2v) is 6.83. The van der Waals surface area contributed by atoms with Crippen LogP contribution in [0.3, 0.4) is 0 Å². The molecular weight excluding hydrogens is 334 g/mol. The van der Waals surface area contributed by atoms with Crippen LogP contribution in [0, 0.1) is 5.92 Å². The van der Waals surface area contributed by atoms with Crippen molar-refractivity contribution in [3.05, 3.63) is 28.8 Å². The molecule has 0 spiro atoms. The van der Waals surface area contributed by atoms with Gasteiger partial charge in [0, 0.05) is 0 Å². The van der Waals surface area contributed by atoms with Crippen LogP contribution in [0.2, 0.25) is 5.02 Å². The molecule has 22 heavy (non-hydrogen) atoms. The van der Waals surface area contributed by atoms with Gasteiger partial charge in [-0.2, -0.15) is 0 Å². The number of aliphatic carboxylic acids is 1.